The summed E-state index contributed by atoms with van der Waals surface area (Å²) in [5.74, 6) is -0.0296. The Bertz CT molecular complexity index is 1030. The van der Waals surface area contributed by atoms with Crippen LogP contribution in [0.3, 0.4) is 0 Å². The van der Waals surface area contributed by atoms with Crippen molar-refractivity contribution in [2.24, 2.45) is 5.10 Å². The molecule has 0 spiro atoms. The molecule has 2 heterocycles. The Balaban J connectivity index is 1.84. The number of nitrogens with one attached hydrogen (secondary N) is 1. The molecule has 0 aromatic heterocycles. The van der Waals surface area contributed by atoms with Crippen molar-refractivity contribution in [3.05, 3.63) is 65.2 Å². The minimum atomic E-state index is -3.74. The van der Waals surface area contributed by atoms with E-state index in [1.54, 1.807) is 50.5 Å². The molecule has 0 bridgehead atoms. The number of amidine groups is 1. The van der Waals surface area contributed by atoms with Gasteiger partial charge < -0.3 is 0 Å². The predicted octanol–water partition coefficient (Wildman–Crippen LogP) is 0.245. The molecule has 0 radical (unpaired) electrons. The normalized spacial score (nSPS) is 20.2. The smallest absolute Gasteiger partial charge is 0.281 e. The van der Waals surface area contributed by atoms with E-state index in [0.717, 1.165) is 10.5 Å². The molecule has 2 aliphatic rings. The van der Waals surface area contributed by atoms with Gasteiger partial charge in [-0.25, -0.2) is 8.42 Å². The number of carbonyl (C=O) groups excluding carboxylic acids is 1. The van der Waals surface area contributed by atoms with E-state index in [9.17, 15) is 13.2 Å². The van der Waals surface area contributed by atoms with Gasteiger partial charge in [0.2, 0.25) is 0 Å². The topological polar surface area (TPSA) is 74.5 Å². The summed E-state index contributed by atoms with van der Waals surface area (Å²) in [4.78, 5) is 14.0. The minimum Gasteiger partial charge on any atom is -0.299 e. The lowest BCUT2D eigenvalue weighted by Crippen LogP contribution is -3.13. The zero-order valence-electron chi connectivity index (χ0n) is 14.7. The van der Waals surface area contributed by atoms with Crippen LogP contribution >= 0.6 is 0 Å². The molecule has 2 aromatic carbocycles. The van der Waals surface area contributed by atoms with Gasteiger partial charge in [0, 0.05) is 11.1 Å². The molecule has 7 nitrogen and oxygen atoms in total. The molecular formula is C18H19N4O3S+. The SMILES string of the molecule is Cc1ccc(C(=O)N2N=C3c4ccccc4S(=O)(=O)N3[C@@H]2[NH+](C)C)cc1. The number of hydrogen-bond donors (Lipinski definition) is 1. The molecule has 2 aromatic rings. The number of aryl methyl sites for hydroxylation is 1. The average Bonchev–Trinajstić information content (AvgIpc) is 3.11. The van der Waals surface area contributed by atoms with Crippen molar-refractivity contribution >= 4 is 21.8 Å². The summed E-state index contributed by atoms with van der Waals surface area (Å²) < 4.78 is 27.3. The van der Waals surface area contributed by atoms with Gasteiger partial charge in [0.1, 0.15) is 0 Å². The first-order valence-electron chi connectivity index (χ1n) is 8.25. The average molecular weight is 371 g/mol. The van der Waals surface area contributed by atoms with Crippen molar-refractivity contribution in [2.75, 3.05) is 14.1 Å². The number of sulfonamides is 1. The highest BCUT2D eigenvalue weighted by molar-refractivity contribution is 7.90. The Morgan fingerprint density at radius 2 is 1.73 bits per heavy atom. The van der Waals surface area contributed by atoms with Crippen LogP contribution in [0.2, 0.25) is 0 Å². The molecule has 0 fully saturated rings. The van der Waals surface area contributed by atoms with Crippen LogP contribution in [-0.4, -0.2) is 49.9 Å². The van der Waals surface area contributed by atoms with Gasteiger partial charge in [-0.1, -0.05) is 29.8 Å². The predicted molar refractivity (Wildman–Crippen MR) is 96.0 cm³/mol. The molecular weight excluding hydrogens is 352 g/mol. The molecule has 8 heteroatoms. The van der Waals surface area contributed by atoms with Crippen LogP contribution in [0, 0.1) is 6.92 Å². The van der Waals surface area contributed by atoms with E-state index in [2.05, 4.69) is 5.10 Å². The van der Waals surface area contributed by atoms with Gasteiger partial charge in [0.25, 0.3) is 22.2 Å². The number of hydrogen-bond acceptors (Lipinski definition) is 4. The molecule has 0 saturated carbocycles. The minimum absolute atomic E-state index is 0.229. The first kappa shape index (κ1) is 16.7. The number of fused-ring (bicyclic) bond motifs is 3. The van der Waals surface area contributed by atoms with Gasteiger partial charge in [-0.3, -0.25) is 9.69 Å². The molecule has 4 rings (SSSR count). The number of benzene rings is 2. The van der Waals surface area contributed by atoms with Crippen molar-refractivity contribution in [3.8, 4) is 0 Å². The number of amides is 1. The molecule has 2 aliphatic heterocycles. The summed E-state index contributed by atoms with van der Waals surface area (Å²) in [6.07, 6.45) is -0.767. The van der Waals surface area contributed by atoms with Crippen molar-refractivity contribution in [2.45, 2.75) is 18.1 Å². The van der Waals surface area contributed by atoms with Crippen molar-refractivity contribution < 1.29 is 18.1 Å². The molecule has 0 aliphatic carbocycles. The fourth-order valence-corrected chi connectivity index (χ4v) is 5.11. The standard InChI is InChI=1S/C18H18N4O3S/c1-12-8-10-13(11-9-12)17(23)21-18(20(2)3)22-16(19-21)14-6-4-5-7-15(14)26(22,24)25/h4-11,18H,1-3H3/p+1/t18-/m1/s1. The largest absolute Gasteiger partial charge is 0.299 e. The highest BCUT2D eigenvalue weighted by atomic mass is 32.2. The fraction of sp³-hybridized carbons (Fsp3) is 0.222. The van der Waals surface area contributed by atoms with Gasteiger partial charge in [-0.15, -0.1) is 5.10 Å². The maximum atomic E-state index is 13.0. The van der Waals surface area contributed by atoms with Crippen LogP contribution < -0.4 is 4.90 Å². The Morgan fingerprint density at radius 1 is 1.08 bits per heavy atom. The number of nitrogens with zero attached hydrogens (tertiary/aromatic N) is 3. The summed E-state index contributed by atoms with van der Waals surface area (Å²) in [6.45, 7) is 1.94. The Labute approximate surface area is 152 Å². The number of rotatable bonds is 2. The van der Waals surface area contributed by atoms with Crippen molar-refractivity contribution in [3.63, 3.8) is 0 Å². The maximum absolute atomic E-state index is 13.0. The van der Waals surface area contributed by atoms with Gasteiger partial charge in [-0.2, -0.15) is 9.31 Å². The van der Waals surface area contributed by atoms with Crippen LogP contribution in [-0.2, 0) is 10.0 Å². The van der Waals surface area contributed by atoms with Gasteiger partial charge in [0.15, 0.2) is 5.84 Å². The molecule has 0 unspecified atom stereocenters. The molecule has 0 saturated heterocycles. The second-order valence-electron chi connectivity index (χ2n) is 6.69. The third-order valence-corrected chi connectivity index (χ3v) is 6.36. The number of quaternary nitrogens is 1. The van der Waals surface area contributed by atoms with Crippen LogP contribution in [0.5, 0.6) is 0 Å². The van der Waals surface area contributed by atoms with Crippen molar-refractivity contribution in [1.29, 1.82) is 0 Å². The van der Waals surface area contributed by atoms with Crippen LogP contribution in [0.15, 0.2) is 58.5 Å². The lowest BCUT2D eigenvalue weighted by atomic mass is 10.1. The highest BCUT2D eigenvalue weighted by Crippen LogP contribution is 2.36. The molecule has 134 valence electrons. The fourth-order valence-electron chi connectivity index (χ4n) is 3.28. The number of carbonyl (C=O) groups is 1. The summed E-state index contributed by atoms with van der Waals surface area (Å²) in [5, 5.41) is 5.68. The van der Waals surface area contributed by atoms with Crippen molar-refractivity contribution in [1.82, 2.24) is 9.31 Å². The molecule has 1 atom stereocenters. The summed E-state index contributed by atoms with van der Waals surface area (Å²) in [7, 11) is -0.140. The van der Waals surface area contributed by atoms with E-state index in [4.69, 9.17) is 0 Å². The molecule has 26 heavy (non-hydrogen) atoms. The zero-order chi connectivity index (χ0) is 18.6. The third-order valence-electron chi connectivity index (χ3n) is 4.55. The first-order chi connectivity index (χ1) is 12.3. The lowest BCUT2D eigenvalue weighted by molar-refractivity contribution is -0.904. The lowest BCUT2D eigenvalue weighted by Gasteiger charge is -2.29. The van der Waals surface area contributed by atoms with Gasteiger partial charge in [-0.05, 0) is 31.2 Å². The molecule has 1 N–H and O–H groups in total. The summed E-state index contributed by atoms with van der Waals surface area (Å²) in [6, 6.07) is 13.9. The maximum Gasteiger partial charge on any atom is 0.281 e. The molecule has 1 amide bonds. The third kappa shape index (κ3) is 2.26. The van der Waals surface area contributed by atoms with E-state index in [0.29, 0.717) is 17.0 Å². The van der Waals surface area contributed by atoms with Gasteiger partial charge >= 0.3 is 0 Å². The van der Waals surface area contributed by atoms with E-state index in [1.807, 2.05) is 19.1 Å². The zero-order valence-corrected chi connectivity index (χ0v) is 15.5. The van der Waals surface area contributed by atoms with E-state index >= 15 is 0 Å². The van der Waals surface area contributed by atoms with Crippen LogP contribution in [0.4, 0.5) is 0 Å². The highest BCUT2D eigenvalue weighted by Gasteiger charge is 2.54. The second-order valence-corrected chi connectivity index (χ2v) is 8.47. The van der Waals surface area contributed by atoms with Crippen LogP contribution in [0.1, 0.15) is 21.5 Å². The number of hydrazone groups is 1. The Kier molecular flexibility index (Phi) is 3.64. The van der Waals surface area contributed by atoms with Gasteiger partial charge in [0.05, 0.1) is 19.0 Å². The van der Waals surface area contributed by atoms with E-state index in [-0.39, 0.29) is 10.8 Å². The first-order valence-corrected chi connectivity index (χ1v) is 9.69. The second kappa shape index (κ2) is 5.65. The van der Waals surface area contributed by atoms with E-state index in [1.165, 1.54) is 9.31 Å². The Morgan fingerprint density at radius 3 is 2.38 bits per heavy atom. The van der Waals surface area contributed by atoms with E-state index < -0.39 is 16.3 Å². The van der Waals surface area contributed by atoms with Crippen LogP contribution in [0.25, 0.3) is 0 Å². The summed E-state index contributed by atoms with van der Waals surface area (Å²) >= 11 is 0. The summed E-state index contributed by atoms with van der Waals surface area (Å²) in [5.41, 5.74) is 2.04. The monoisotopic (exact) mass is 371 g/mol. The Hall–Kier alpha value is -2.71. The quantitative estimate of drug-likeness (QED) is 0.822.